The van der Waals surface area contributed by atoms with Crippen LogP contribution >= 0.6 is 0 Å². The van der Waals surface area contributed by atoms with Gasteiger partial charge in [-0.25, -0.2) is 9.59 Å². The topological polar surface area (TPSA) is 87.7 Å². The smallest absolute Gasteiger partial charge is 0.338 e. The molecule has 7 nitrogen and oxygen atoms in total. The third-order valence-corrected chi connectivity index (χ3v) is 4.01. The summed E-state index contributed by atoms with van der Waals surface area (Å²) in [5.41, 5.74) is 1.65. The molecule has 2 aliphatic heterocycles. The molecule has 2 aliphatic rings. The van der Waals surface area contributed by atoms with Gasteiger partial charge in [-0.2, -0.15) is 0 Å². The predicted octanol–water partition coefficient (Wildman–Crippen LogP) is 1.09. The molecule has 2 heterocycles. The number of hydrogen-bond acceptors (Lipinski definition) is 4. The van der Waals surface area contributed by atoms with Gasteiger partial charge in [0.15, 0.2) is 0 Å². The van der Waals surface area contributed by atoms with Gasteiger partial charge in [0.2, 0.25) is 5.91 Å². The maximum atomic E-state index is 12.5. The van der Waals surface area contributed by atoms with E-state index in [0.717, 1.165) is 12.0 Å². The summed E-state index contributed by atoms with van der Waals surface area (Å²) >= 11 is 0. The van der Waals surface area contributed by atoms with Crippen molar-refractivity contribution < 1.29 is 19.1 Å². The largest absolute Gasteiger partial charge is 0.456 e. The SMILES string of the molecule is CCCNC(=O)CN1C(=O)NC(c2ccccc2)C2=C1COC2=O. The highest BCUT2D eigenvalue weighted by atomic mass is 16.5. The lowest BCUT2D eigenvalue weighted by Crippen LogP contribution is -2.50. The van der Waals surface area contributed by atoms with Gasteiger partial charge in [0.1, 0.15) is 13.2 Å². The summed E-state index contributed by atoms with van der Waals surface area (Å²) in [4.78, 5) is 37.9. The zero-order valence-electron chi connectivity index (χ0n) is 13.4. The van der Waals surface area contributed by atoms with Crippen LogP contribution in [0.2, 0.25) is 0 Å². The van der Waals surface area contributed by atoms with Crippen molar-refractivity contribution in [3.05, 3.63) is 47.2 Å². The van der Waals surface area contributed by atoms with E-state index in [1.807, 2.05) is 37.3 Å². The van der Waals surface area contributed by atoms with E-state index in [4.69, 9.17) is 4.74 Å². The Labute approximate surface area is 139 Å². The number of carbonyl (C=O) groups excluding carboxylic acids is 3. The van der Waals surface area contributed by atoms with Crippen molar-refractivity contribution in [3.63, 3.8) is 0 Å². The Hall–Kier alpha value is -2.83. The van der Waals surface area contributed by atoms with Gasteiger partial charge in [0.25, 0.3) is 0 Å². The highest BCUT2D eigenvalue weighted by Gasteiger charge is 2.42. The molecule has 0 fully saturated rings. The molecule has 1 unspecified atom stereocenters. The van der Waals surface area contributed by atoms with Crippen LogP contribution in [0.3, 0.4) is 0 Å². The summed E-state index contributed by atoms with van der Waals surface area (Å²) in [6, 6.07) is 8.25. The van der Waals surface area contributed by atoms with Crippen molar-refractivity contribution in [3.8, 4) is 0 Å². The Balaban J connectivity index is 1.89. The minimum Gasteiger partial charge on any atom is -0.456 e. The van der Waals surface area contributed by atoms with Crippen molar-refractivity contribution >= 4 is 17.9 Å². The quantitative estimate of drug-likeness (QED) is 0.792. The van der Waals surface area contributed by atoms with Crippen molar-refractivity contribution in [1.82, 2.24) is 15.5 Å². The highest BCUT2D eigenvalue weighted by molar-refractivity contribution is 5.98. The van der Waals surface area contributed by atoms with Gasteiger partial charge in [-0.05, 0) is 12.0 Å². The molecule has 3 rings (SSSR count). The number of carbonyl (C=O) groups is 3. The molecule has 0 radical (unpaired) electrons. The maximum Gasteiger partial charge on any atom is 0.338 e. The second kappa shape index (κ2) is 6.74. The second-order valence-corrected chi connectivity index (χ2v) is 5.67. The Morgan fingerprint density at radius 3 is 2.79 bits per heavy atom. The number of nitrogens with zero attached hydrogens (tertiary/aromatic N) is 1. The van der Waals surface area contributed by atoms with Crippen molar-refractivity contribution in [2.75, 3.05) is 19.7 Å². The lowest BCUT2D eigenvalue weighted by Gasteiger charge is -2.32. The Bertz CT molecular complexity index is 699. The zero-order chi connectivity index (χ0) is 17.1. The molecule has 0 spiro atoms. The Morgan fingerprint density at radius 1 is 1.33 bits per heavy atom. The van der Waals surface area contributed by atoms with Gasteiger partial charge in [-0.3, -0.25) is 9.69 Å². The second-order valence-electron chi connectivity index (χ2n) is 5.67. The van der Waals surface area contributed by atoms with Crippen molar-refractivity contribution in [1.29, 1.82) is 0 Å². The molecule has 0 saturated heterocycles. The first kappa shape index (κ1) is 16.0. The average molecular weight is 329 g/mol. The van der Waals surface area contributed by atoms with E-state index in [2.05, 4.69) is 10.6 Å². The van der Waals surface area contributed by atoms with E-state index in [-0.39, 0.29) is 19.1 Å². The monoisotopic (exact) mass is 329 g/mol. The highest BCUT2D eigenvalue weighted by Crippen LogP contribution is 2.34. The molecule has 0 aliphatic carbocycles. The third-order valence-electron chi connectivity index (χ3n) is 4.01. The number of amides is 3. The number of hydrogen-bond donors (Lipinski definition) is 2. The normalized spacial score (nSPS) is 19.7. The molecule has 1 aromatic carbocycles. The first-order chi connectivity index (χ1) is 11.6. The first-order valence-electron chi connectivity index (χ1n) is 7.91. The standard InChI is InChI=1S/C17H19N3O4/c1-2-8-18-13(21)9-20-12-10-24-16(22)14(12)15(19-17(20)23)11-6-4-3-5-7-11/h3-7,15H,2,8-10H2,1H3,(H,18,21)(H,19,23). The van der Waals surface area contributed by atoms with Crippen LogP contribution in [0.4, 0.5) is 4.79 Å². The minimum atomic E-state index is -0.557. The van der Waals surface area contributed by atoms with Crippen LogP contribution in [0.1, 0.15) is 24.9 Å². The van der Waals surface area contributed by atoms with Crippen LogP contribution in [0.5, 0.6) is 0 Å². The maximum absolute atomic E-state index is 12.5. The minimum absolute atomic E-state index is 0.00593. The van der Waals surface area contributed by atoms with Crippen molar-refractivity contribution in [2.45, 2.75) is 19.4 Å². The first-order valence-corrected chi connectivity index (χ1v) is 7.91. The molecule has 3 amide bonds. The van der Waals surface area contributed by atoms with Gasteiger partial charge in [0.05, 0.1) is 17.3 Å². The number of benzene rings is 1. The molecule has 126 valence electrons. The fourth-order valence-corrected chi connectivity index (χ4v) is 2.84. The van der Waals surface area contributed by atoms with Crippen LogP contribution in [-0.4, -0.2) is 42.5 Å². The van der Waals surface area contributed by atoms with Crippen LogP contribution in [0.25, 0.3) is 0 Å². The molecule has 2 N–H and O–H groups in total. The van der Waals surface area contributed by atoms with E-state index in [9.17, 15) is 14.4 Å². The van der Waals surface area contributed by atoms with E-state index in [1.165, 1.54) is 4.90 Å². The molecule has 0 bridgehead atoms. The van der Waals surface area contributed by atoms with E-state index in [0.29, 0.717) is 17.8 Å². The number of urea groups is 1. The van der Waals surface area contributed by atoms with Gasteiger partial charge < -0.3 is 15.4 Å². The molecule has 0 saturated carbocycles. The number of cyclic esters (lactones) is 1. The molecule has 0 aromatic heterocycles. The van der Waals surface area contributed by atoms with Gasteiger partial charge in [-0.15, -0.1) is 0 Å². The molecular weight excluding hydrogens is 310 g/mol. The average Bonchev–Trinajstić information content (AvgIpc) is 2.98. The van der Waals surface area contributed by atoms with Gasteiger partial charge in [-0.1, -0.05) is 37.3 Å². The Morgan fingerprint density at radius 2 is 2.08 bits per heavy atom. The van der Waals surface area contributed by atoms with Crippen LogP contribution in [0, 0.1) is 0 Å². The third kappa shape index (κ3) is 2.97. The fraction of sp³-hybridized carbons (Fsp3) is 0.353. The molecule has 1 atom stereocenters. The lowest BCUT2D eigenvalue weighted by molar-refractivity contribution is -0.136. The summed E-state index contributed by atoms with van der Waals surface area (Å²) in [6.07, 6.45) is 0.809. The molecule has 7 heteroatoms. The van der Waals surface area contributed by atoms with E-state index < -0.39 is 18.0 Å². The van der Waals surface area contributed by atoms with Crippen molar-refractivity contribution in [2.24, 2.45) is 0 Å². The van der Waals surface area contributed by atoms with Gasteiger partial charge >= 0.3 is 12.0 Å². The summed E-state index contributed by atoms with van der Waals surface area (Å²) in [6.45, 7) is 2.36. The number of rotatable bonds is 5. The summed E-state index contributed by atoms with van der Waals surface area (Å²) < 4.78 is 5.11. The summed E-state index contributed by atoms with van der Waals surface area (Å²) in [5.74, 6) is -0.728. The molecule has 24 heavy (non-hydrogen) atoms. The fourth-order valence-electron chi connectivity index (χ4n) is 2.84. The van der Waals surface area contributed by atoms with Gasteiger partial charge in [0, 0.05) is 6.54 Å². The van der Waals surface area contributed by atoms with Crippen LogP contribution in [-0.2, 0) is 14.3 Å². The summed E-state index contributed by atoms with van der Waals surface area (Å²) in [7, 11) is 0. The summed E-state index contributed by atoms with van der Waals surface area (Å²) in [5, 5.41) is 5.52. The number of nitrogens with one attached hydrogen (secondary N) is 2. The van der Waals surface area contributed by atoms with E-state index in [1.54, 1.807) is 0 Å². The molecular formula is C17H19N3O4. The Kier molecular flexibility index (Phi) is 4.50. The predicted molar refractivity (Wildman–Crippen MR) is 85.7 cm³/mol. The number of ether oxygens (including phenoxy) is 1. The van der Waals surface area contributed by atoms with Crippen LogP contribution < -0.4 is 10.6 Å². The van der Waals surface area contributed by atoms with E-state index >= 15 is 0 Å². The molecule has 1 aromatic rings. The number of esters is 1. The zero-order valence-corrected chi connectivity index (χ0v) is 13.4. The van der Waals surface area contributed by atoms with Crippen LogP contribution in [0.15, 0.2) is 41.6 Å². The lowest BCUT2D eigenvalue weighted by atomic mass is 9.96.